The van der Waals surface area contributed by atoms with Gasteiger partial charge in [0.15, 0.2) is 5.65 Å². The summed E-state index contributed by atoms with van der Waals surface area (Å²) in [7, 11) is 0. The van der Waals surface area contributed by atoms with E-state index in [1.165, 1.54) is 6.33 Å². The molecule has 3 heterocycles. The lowest BCUT2D eigenvalue weighted by molar-refractivity contribution is 0.485. The van der Waals surface area contributed by atoms with Crippen LogP contribution in [-0.4, -0.2) is 35.8 Å². The van der Waals surface area contributed by atoms with Crippen LogP contribution in [0.1, 0.15) is 17.7 Å². The minimum absolute atomic E-state index is 0.0785. The van der Waals surface area contributed by atoms with E-state index in [1.807, 2.05) is 23.0 Å². The Balaban J connectivity index is 1.40. The maximum Gasteiger partial charge on any atom is 0.180 e. The number of H-pyrrole nitrogens is 1. The van der Waals surface area contributed by atoms with Crippen LogP contribution in [0.4, 0.5) is 0 Å². The molecule has 0 unspecified atom stereocenters. The number of benzene rings is 1. The fourth-order valence-electron chi connectivity index (χ4n) is 3.04. The summed E-state index contributed by atoms with van der Waals surface area (Å²) in [4.78, 5) is 15.7. The van der Waals surface area contributed by atoms with Gasteiger partial charge in [-0.05, 0) is 31.0 Å². The van der Waals surface area contributed by atoms with Gasteiger partial charge < -0.3 is 10.7 Å². The topological polar surface area (TPSA) is 122 Å². The molecule has 1 atom stereocenters. The van der Waals surface area contributed by atoms with Gasteiger partial charge in [-0.1, -0.05) is 17.7 Å². The van der Waals surface area contributed by atoms with Crippen molar-refractivity contribution in [3.63, 3.8) is 0 Å². The molecule has 1 aromatic carbocycles. The number of halogens is 1. The summed E-state index contributed by atoms with van der Waals surface area (Å²) in [6.45, 7) is 0.585. The highest BCUT2D eigenvalue weighted by atomic mass is 35.5. The van der Waals surface area contributed by atoms with E-state index in [4.69, 9.17) is 22.6 Å². The van der Waals surface area contributed by atoms with E-state index in [-0.39, 0.29) is 6.04 Å². The predicted molar refractivity (Wildman–Crippen MR) is 105 cm³/mol. The molecule has 0 saturated heterocycles. The molecule has 140 valence electrons. The van der Waals surface area contributed by atoms with Crippen LogP contribution in [0.2, 0.25) is 5.02 Å². The molecule has 0 aliphatic heterocycles. The number of imidazole rings is 1. The summed E-state index contributed by atoms with van der Waals surface area (Å²) in [5, 5.41) is 14.0. The number of hydrogen-bond donors (Lipinski definition) is 2. The first kappa shape index (κ1) is 18.1. The van der Waals surface area contributed by atoms with E-state index in [1.54, 1.807) is 18.5 Å². The van der Waals surface area contributed by atoms with Gasteiger partial charge >= 0.3 is 0 Å². The van der Waals surface area contributed by atoms with Crippen LogP contribution in [0.5, 0.6) is 0 Å². The molecule has 0 aliphatic rings. The van der Waals surface area contributed by atoms with Gasteiger partial charge in [0.05, 0.1) is 34.8 Å². The van der Waals surface area contributed by atoms with E-state index in [0.29, 0.717) is 22.8 Å². The Bertz CT molecular complexity index is 1160. The number of nitriles is 1. The second-order valence-electron chi connectivity index (χ2n) is 6.45. The number of aromatic nitrogens is 6. The van der Waals surface area contributed by atoms with E-state index in [9.17, 15) is 0 Å². The number of fused-ring (bicyclic) bond motifs is 1. The standard InChI is InChI=1S/C19H17ClN8/c20-15-7-12(1-2-13(15)8-21)16-5-6-28(27-16)9-14(22)3-4-17-18-19(25-10-23-17)26-11-24-18/h1-2,5-7,10-11,14H,3-4,9,22H2,(H,23,24,25,26)/t14-/m1/s1. The lowest BCUT2D eigenvalue weighted by atomic mass is 10.1. The minimum atomic E-state index is -0.0785. The maximum atomic E-state index is 8.98. The number of nitrogens with one attached hydrogen (secondary N) is 1. The summed E-state index contributed by atoms with van der Waals surface area (Å²) >= 11 is 6.11. The highest BCUT2D eigenvalue weighted by Crippen LogP contribution is 2.24. The van der Waals surface area contributed by atoms with Gasteiger partial charge in [0, 0.05) is 17.8 Å². The molecule has 0 fully saturated rings. The number of nitrogens with zero attached hydrogens (tertiary/aromatic N) is 6. The lowest BCUT2D eigenvalue weighted by Gasteiger charge is -2.11. The van der Waals surface area contributed by atoms with Crippen LogP contribution >= 0.6 is 11.6 Å². The molecule has 0 spiro atoms. The number of hydrogen-bond acceptors (Lipinski definition) is 6. The van der Waals surface area contributed by atoms with Gasteiger partial charge in [-0.25, -0.2) is 15.0 Å². The number of rotatable bonds is 6. The van der Waals surface area contributed by atoms with E-state index >= 15 is 0 Å². The summed E-state index contributed by atoms with van der Waals surface area (Å²) in [5.74, 6) is 0. The Morgan fingerprint density at radius 1 is 1.25 bits per heavy atom. The van der Waals surface area contributed by atoms with Crippen LogP contribution in [0, 0.1) is 11.3 Å². The minimum Gasteiger partial charge on any atom is -0.342 e. The second-order valence-corrected chi connectivity index (χ2v) is 6.86. The van der Waals surface area contributed by atoms with Crippen molar-refractivity contribution in [1.29, 1.82) is 5.26 Å². The first-order chi connectivity index (χ1) is 13.6. The Morgan fingerprint density at radius 2 is 2.14 bits per heavy atom. The van der Waals surface area contributed by atoms with Crippen LogP contribution in [0.15, 0.2) is 43.1 Å². The van der Waals surface area contributed by atoms with Crippen molar-refractivity contribution in [2.24, 2.45) is 5.73 Å². The van der Waals surface area contributed by atoms with E-state index < -0.39 is 0 Å². The van der Waals surface area contributed by atoms with Crippen LogP contribution in [0.3, 0.4) is 0 Å². The number of aromatic amines is 1. The van der Waals surface area contributed by atoms with E-state index in [2.05, 4.69) is 31.1 Å². The largest absolute Gasteiger partial charge is 0.342 e. The van der Waals surface area contributed by atoms with Gasteiger partial charge in [-0.3, -0.25) is 4.68 Å². The van der Waals surface area contributed by atoms with Gasteiger partial charge in [-0.15, -0.1) is 0 Å². The third-order valence-electron chi connectivity index (χ3n) is 4.50. The number of nitrogens with two attached hydrogens (primary N) is 1. The zero-order valence-electron chi connectivity index (χ0n) is 14.9. The molecule has 8 nitrogen and oxygen atoms in total. The van der Waals surface area contributed by atoms with Gasteiger partial charge in [0.25, 0.3) is 0 Å². The van der Waals surface area contributed by atoms with Crippen molar-refractivity contribution in [3.8, 4) is 17.3 Å². The predicted octanol–water partition coefficient (Wildman–Crippen LogP) is 2.70. The zero-order valence-corrected chi connectivity index (χ0v) is 15.6. The molecule has 0 aliphatic carbocycles. The van der Waals surface area contributed by atoms with Crippen molar-refractivity contribution in [1.82, 2.24) is 29.7 Å². The van der Waals surface area contributed by atoms with Crippen molar-refractivity contribution in [3.05, 3.63) is 59.4 Å². The molecule has 9 heteroatoms. The Hall–Kier alpha value is -3.28. The third-order valence-corrected chi connectivity index (χ3v) is 4.81. The molecule has 4 aromatic rings. The quantitative estimate of drug-likeness (QED) is 0.520. The van der Waals surface area contributed by atoms with Crippen molar-refractivity contribution in [2.45, 2.75) is 25.4 Å². The Morgan fingerprint density at radius 3 is 2.96 bits per heavy atom. The Labute approximate surface area is 166 Å². The zero-order chi connectivity index (χ0) is 19.5. The molecule has 0 amide bonds. The molecule has 0 radical (unpaired) electrons. The molecule has 0 bridgehead atoms. The van der Waals surface area contributed by atoms with Crippen LogP contribution in [0.25, 0.3) is 22.4 Å². The molecule has 3 N–H and O–H groups in total. The third kappa shape index (κ3) is 3.71. The lowest BCUT2D eigenvalue weighted by Crippen LogP contribution is -2.27. The smallest absolute Gasteiger partial charge is 0.180 e. The first-order valence-corrected chi connectivity index (χ1v) is 9.14. The van der Waals surface area contributed by atoms with E-state index in [0.717, 1.165) is 35.3 Å². The molecular formula is C19H17ClN8. The normalized spacial score (nSPS) is 12.2. The van der Waals surface area contributed by atoms with Gasteiger partial charge in [0.2, 0.25) is 0 Å². The molecular weight excluding hydrogens is 376 g/mol. The summed E-state index contributed by atoms with van der Waals surface area (Å²) < 4.78 is 1.82. The second kappa shape index (κ2) is 7.76. The summed E-state index contributed by atoms with van der Waals surface area (Å²) in [6.07, 6.45) is 6.50. The average molecular weight is 393 g/mol. The van der Waals surface area contributed by atoms with Crippen molar-refractivity contribution in [2.75, 3.05) is 0 Å². The first-order valence-electron chi connectivity index (χ1n) is 8.76. The fraction of sp³-hybridized carbons (Fsp3) is 0.211. The van der Waals surface area contributed by atoms with Crippen molar-refractivity contribution >= 4 is 22.8 Å². The highest BCUT2D eigenvalue weighted by molar-refractivity contribution is 6.32. The van der Waals surface area contributed by atoms with Crippen LogP contribution in [-0.2, 0) is 13.0 Å². The van der Waals surface area contributed by atoms with Gasteiger partial charge in [0.1, 0.15) is 17.9 Å². The van der Waals surface area contributed by atoms with Crippen molar-refractivity contribution < 1.29 is 0 Å². The highest BCUT2D eigenvalue weighted by Gasteiger charge is 2.11. The fourth-order valence-corrected chi connectivity index (χ4v) is 3.26. The van der Waals surface area contributed by atoms with Gasteiger partial charge in [-0.2, -0.15) is 10.4 Å². The SMILES string of the molecule is N#Cc1ccc(-c2ccn(C[C@H](N)CCc3ncnc4nc[nH]c34)n2)cc1Cl. The Kier molecular flexibility index (Phi) is 5.02. The average Bonchev–Trinajstić information content (AvgIpc) is 3.36. The summed E-state index contributed by atoms with van der Waals surface area (Å²) in [5.41, 5.74) is 10.8. The summed E-state index contributed by atoms with van der Waals surface area (Å²) in [6, 6.07) is 9.16. The molecule has 4 rings (SSSR count). The molecule has 28 heavy (non-hydrogen) atoms. The van der Waals surface area contributed by atoms with Crippen LogP contribution < -0.4 is 5.73 Å². The monoisotopic (exact) mass is 392 g/mol. The maximum absolute atomic E-state index is 8.98. The molecule has 3 aromatic heterocycles. The molecule has 0 saturated carbocycles. The number of aryl methyl sites for hydroxylation is 1.